The number of nitrogens with zero attached hydrogens (tertiary/aromatic N) is 1. The molecule has 2 aliphatic heterocycles. The number of hydrogen-bond acceptors (Lipinski definition) is 5. The third kappa shape index (κ3) is 4.19. The van der Waals surface area contributed by atoms with Crippen molar-refractivity contribution in [3.05, 3.63) is 35.4 Å². The summed E-state index contributed by atoms with van der Waals surface area (Å²) in [6, 6.07) is 6.36. The Kier molecular flexibility index (Phi) is 6.29. The largest absolute Gasteiger partial charge is 0.353 e. The second-order valence-electron chi connectivity index (χ2n) is 8.78. The minimum absolute atomic E-state index is 0.0387. The Morgan fingerprint density at radius 1 is 1.16 bits per heavy atom. The first kappa shape index (κ1) is 21.8. The normalized spacial score (nSPS) is 30.9. The Hall–Kier alpha value is -2.45. The van der Waals surface area contributed by atoms with Gasteiger partial charge in [-0.3, -0.25) is 14.4 Å². The molecule has 0 radical (unpaired) electrons. The summed E-state index contributed by atoms with van der Waals surface area (Å²) in [4.78, 5) is 40.4. The van der Waals surface area contributed by atoms with Crippen LogP contribution in [0.5, 0.6) is 0 Å². The fraction of sp³-hybridized carbons (Fsp3) is 0.609. The maximum atomic E-state index is 13.3. The molecule has 168 valence electrons. The molecule has 0 bridgehead atoms. The molecule has 8 heteroatoms. The van der Waals surface area contributed by atoms with Crippen LogP contribution in [0.2, 0.25) is 0 Å². The maximum Gasteiger partial charge on any atom is 0.250 e. The highest BCUT2D eigenvalue weighted by Gasteiger charge is 2.50. The molecule has 3 N–H and O–H groups in total. The van der Waals surface area contributed by atoms with Gasteiger partial charge in [0, 0.05) is 0 Å². The van der Waals surface area contributed by atoms with Gasteiger partial charge in [0.15, 0.2) is 0 Å². The lowest BCUT2D eigenvalue weighted by atomic mass is 9.87. The zero-order chi connectivity index (χ0) is 22.1. The van der Waals surface area contributed by atoms with Crippen molar-refractivity contribution in [1.29, 1.82) is 0 Å². The summed E-state index contributed by atoms with van der Waals surface area (Å²) in [5.41, 5.74) is 2.44. The minimum atomic E-state index is -0.802. The predicted octanol–water partition coefficient (Wildman–Crippen LogP) is 1.01. The van der Waals surface area contributed by atoms with Crippen LogP contribution in [0.25, 0.3) is 0 Å². The fourth-order valence-corrected chi connectivity index (χ4v) is 4.91. The van der Waals surface area contributed by atoms with Crippen molar-refractivity contribution in [3.8, 4) is 0 Å². The maximum absolute atomic E-state index is 13.3. The van der Waals surface area contributed by atoms with E-state index in [1.807, 2.05) is 12.1 Å². The molecule has 1 aromatic carbocycles. The van der Waals surface area contributed by atoms with Gasteiger partial charge in [-0.2, -0.15) is 0 Å². The van der Waals surface area contributed by atoms with Crippen molar-refractivity contribution in [2.45, 2.75) is 82.5 Å². The second-order valence-corrected chi connectivity index (χ2v) is 8.78. The molecular formula is C23H32N4O4. The second kappa shape index (κ2) is 8.96. The average molecular weight is 429 g/mol. The van der Waals surface area contributed by atoms with Gasteiger partial charge in [0.05, 0.1) is 18.2 Å². The Labute approximate surface area is 183 Å². The number of amides is 3. The van der Waals surface area contributed by atoms with Crippen LogP contribution in [-0.4, -0.2) is 60.1 Å². The van der Waals surface area contributed by atoms with E-state index < -0.39 is 30.5 Å². The molecule has 0 spiro atoms. The van der Waals surface area contributed by atoms with E-state index in [0.29, 0.717) is 12.8 Å². The number of carbonyl (C=O) groups is 3. The number of ether oxygens (including phenoxy) is 1. The average Bonchev–Trinajstić information content (AvgIpc) is 3.20. The molecule has 6 atom stereocenters. The summed E-state index contributed by atoms with van der Waals surface area (Å²) < 4.78 is 6.02. The number of rotatable bonds is 5. The summed E-state index contributed by atoms with van der Waals surface area (Å²) in [5, 5.41) is 8.83. The molecule has 2 heterocycles. The quantitative estimate of drug-likeness (QED) is 0.650. The fourth-order valence-electron chi connectivity index (χ4n) is 4.91. The topological polar surface area (TPSA) is 99.8 Å². The van der Waals surface area contributed by atoms with Crippen LogP contribution in [0.3, 0.4) is 0 Å². The van der Waals surface area contributed by atoms with Crippen LogP contribution in [0, 0.1) is 0 Å². The summed E-state index contributed by atoms with van der Waals surface area (Å²) in [5.74, 6) is -0.666. The summed E-state index contributed by atoms with van der Waals surface area (Å²) in [6.07, 6.45) is 3.23. The molecule has 3 amide bonds. The van der Waals surface area contributed by atoms with E-state index in [2.05, 4.69) is 28.1 Å². The highest BCUT2D eigenvalue weighted by atomic mass is 16.5. The monoisotopic (exact) mass is 428 g/mol. The van der Waals surface area contributed by atoms with Crippen molar-refractivity contribution in [3.63, 3.8) is 0 Å². The lowest BCUT2D eigenvalue weighted by molar-refractivity contribution is -0.179. The van der Waals surface area contributed by atoms with E-state index in [0.717, 1.165) is 24.8 Å². The zero-order valence-electron chi connectivity index (χ0n) is 18.4. The first-order valence-electron chi connectivity index (χ1n) is 11.2. The standard InChI is InChI=1S/C23H32N4O4/c1-13(24-3)21(28)26-20-14(2)31-19-12-11-18(27(19)23(20)30)22(29)25-17-10-6-8-15-7-4-5-9-16(15)17/h4-5,7,9,13-14,17-20,24H,6,8,10-12H2,1-3H3,(H,25,29)(H,26,28)/t13-,14+,17?,18?,19-,20?/m0/s1. The van der Waals surface area contributed by atoms with E-state index in [1.54, 1.807) is 25.8 Å². The molecule has 8 nitrogen and oxygen atoms in total. The molecule has 0 saturated carbocycles. The highest BCUT2D eigenvalue weighted by molar-refractivity contribution is 5.94. The van der Waals surface area contributed by atoms with Crippen LogP contribution < -0.4 is 16.0 Å². The summed E-state index contributed by atoms with van der Waals surface area (Å²) in [6.45, 7) is 3.52. The lowest BCUT2D eigenvalue weighted by Gasteiger charge is -2.41. The molecule has 3 aliphatic rings. The number of carbonyl (C=O) groups excluding carboxylic acids is 3. The third-order valence-electron chi connectivity index (χ3n) is 6.81. The van der Waals surface area contributed by atoms with Crippen LogP contribution >= 0.6 is 0 Å². The van der Waals surface area contributed by atoms with Crippen molar-refractivity contribution >= 4 is 17.7 Å². The van der Waals surface area contributed by atoms with Crippen LogP contribution in [0.1, 0.15) is 56.7 Å². The van der Waals surface area contributed by atoms with Crippen LogP contribution in [-0.2, 0) is 25.5 Å². The molecule has 1 aromatic rings. The Bertz CT molecular complexity index is 860. The molecule has 2 fully saturated rings. The van der Waals surface area contributed by atoms with Gasteiger partial charge in [0.2, 0.25) is 11.8 Å². The van der Waals surface area contributed by atoms with Gasteiger partial charge >= 0.3 is 0 Å². The number of aryl methyl sites for hydroxylation is 1. The van der Waals surface area contributed by atoms with Gasteiger partial charge in [0.1, 0.15) is 18.3 Å². The number of hydrogen-bond donors (Lipinski definition) is 3. The third-order valence-corrected chi connectivity index (χ3v) is 6.81. The van der Waals surface area contributed by atoms with Gasteiger partial charge in [-0.1, -0.05) is 24.3 Å². The molecule has 1 aliphatic carbocycles. The molecule has 3 unspecified atom stereocenters. The van der Waals surface area contributed by atoms with E-state index >= 15 is 0 Å². The van der Waals surface area contributed by atoms with E-state index in [9.17, 15) is 14.4 Å². The van der Waals surface area contributed by atoms with Crippen LogP contribution in [0.15, 0.2) is 24.3 Å². The Morgan fingerprint density at radius 3 is 2.71 bits per heavy atom. The van der Waals surface area contributed by atoms with Gasteiger partial charge in [-0.15, -0.1) is 0 Å². The first-order valence-corrected chi connectivity index (χ1v) is 11.2. The molecule has 31 heavy (non-hydrogen) atoms. The van der Waals surface area contributed by atoms with Gasteiger partial charge < -0.3 is 25.6 Å². The van der Waals surface area contributed by atoms with Crippen molar-refractivity contribution in [1.82, 2.24) is 20.9 Å². The minimum Gasteiger partial charge on any atom is -0.353 e. The highest BCUT2D eigenvalue weighted by Crippen LogP contribution is 2.34. The smallest absolute Gasteiger partial charge is 0.250 e. The molecule has 0 aromatic heterocycles. The van der Waals surface area contributed by atoms with Gasteiger partial charge in [-0.25, -0.2) is 0 Å². The number of likely N-dealkylation sites (N-methyl/N-ethyl adjacent to an activating group) is 1. The Morgan fingerprint density at radius 2 is 1.94 bits per heavy atom. The number of nitrogens with one attached hydrogen (secondary N) is 3. The summed E-state index contributed by atoms with van der Waals surface area (Å²) in [7, 11) is 1.69. The first-order chi connectivity index (χ1) is 14.9. The van der Waals surface area contributed by atoms with Gasteiger partial charge in [-0.05, 0) is 64.1 Å². The van der Waals surface area contributed by atoms with E-state index in [4.69, 9.17) is 4.74 Å². The molecule has 2 saturated heterocycles. The van der Waals surface area contributed by atoms with Crippen molar-refractivity contribution in [2.24, 2.45) is 0 Å². The van der Waals surface area contributed by atoms with Crippen molar-refractivity contribution in [2.75, 3.05) is 7.05 Å². The van der Waals surface area contributed by atoms with E-state index in [-0.39, 0.29) is 23.8 Å². The number of benzene rings is 1. The lowest BCUT2D eigenvalue weighted by Crippen LogP contribution is -2.65. The van der Waals surface area contributed by atoms with Gasteiger partial charge in [0.25, 0.3) is 5.91 Å². The summed E-state index contributed by atoms with van der Waals surface area (Å²) >= 11 is 0. The predicted molar refractivity (Wildman–Crippen MR) is 115 cm³/mol. The molecule has 4 rings (SSSR count). The number of fused-ring (bicyclic) bond motifs is 2. The van der Waals surface area contributed by atoms with E-state index in [1.165, 1.54) is 5.56 Å². The van der Waals surface area contributed by atoms with Crippen LogP contribution in [0.4, 0.5) is 0 Å². The molecular weight excluding hydrogens is 396 g/mol. The SMILES string of the molecule is CN[C@@H](C)C(=O)NC1C(=O)N2C(C(=O)NC3CCCc4ccccc43)CC[C@@H]2O[C@@H]1C. The zero-order valence-corrected chi connectivity index (χ0v) is 18.4. The Balaban J connectivity index is 1.47. The van der Waals surface area contributed by atoms with Crippen molar-refractivity contribution < 1.29 is 19.1 Å².